The molecule has 2 aromatic carbocycles. The van der Waals surface area contributed by atoms with Gasteiger partial charge in [-0.1, -0.05) is 23.7 Å². The van der Waals surface area contributed by atoms with Crippen LogP contribution in [0.25, 0.3) is 11.3 Å². The minimum absolute atomic E-state index is 0.214. The van der Waals surface area contributed by atoms with Crippen LogP contribution >= 0.6 is 11.6 Å². The third-order valence-corrected chi connectivity index (χ3v) is 7.07. The van der Waals surface area contributed by atoms with Gasteiger partial charge < -0.3 is 25.4 Å². The van der Waals surface area contributed by atoms with Gasteiger partial charge in [0.05, 0.1) is 48.6 Å². The lowest BCUT2D eigenvalue weighted by atomic mass is 10.0. The van der Waals surface area contributed by atoms with Gasteiger partial charge in [0.2, 0.25) is 11.9 Å². The molecule has 2 amide bonds. The number of aromatic nitrogens is 4. The average Bonchev–Trinajstić information content (AvgIpc) is 3.53. The number of hydrogen-bond donors (Lipinski definition) is 3. The van der Waals surface area contributed by atoms with Gasteiger partial charge in [0.25, 0.3) is 5.91 Å². The lowest BCUT2D eigenvalue weighted by Crippen LogP contribution is -2.46. The summed E-state index contributed by atoms with van der Waals surface area (Å²) in [6.07, 6.45) is 4.88. The van der Waals surface area contributed by atoms with Gasteiger partial charge in [0.1, 0.15) is 17.6 Å². The van der Waals surface area contributed by atoms with Gasteiger partial charge in [0.15, 0.2) is 0 Å². The molecule has 0 saturated heterocycles. The summed E-state index contributed by atoms with van der Waals surface area (Å²) in [7, 11) is 3.19. The maximum atomic E-state index is 14.0. The smallest absolute Gasteiger partial charge is 0.255 e. The summed E-state index contributed by atoms with van der Waals surface area (Å²) >= 11 is 6.42. The lowest BCUT2D eigenvalue weighted by Gasteiger charge is -2.26. The van der Waals surface area contributed by atoms with E-state index in [1.54, 1.807) is 43.2 Å². The molecule has 2 aromatic heterocycles. The Labute approximate surface area is 239 Å². The largest absolute Gasteiger partial charge is 0.497 e. The van der Waals surface area contributed by atoms with Crippen LogP contribution in [0.5, 0.6) is 5.75 Å². The molecule has 41 heavy (non-hydrogen) atoms. The summed E-state index contributed by atoms with van der Waals surface area (Å²) in [6.45, 7) is 1.34. The number of ether oxygens (including phenoxy) is 1. The van der Waals surface area contributed by atoms with Crippen LogP contribution in [-0.2, 0) is 18.4 Å². The second kappa shape index (κ2) is 11.5. The van der Waals surface area contributed by atoms with Gasteiger partial charge in [-0.25, -0.2) is 14.4 Å². The Bertz CT molecular complexity index is 1630. The number of hydrogen-bond acceptors (Lipinski definition) is 8. The molecule has 0 bridgehead atoms. The molecule has 13 heteroatoms. The lowest BCUT2D eigenvalue weighted by molar-refractivity contribution is -0.126. The fourth-order valence-corrected chi connectivity index (χ4v) is 4.80. The number of methoxy groups -OCH3 is 1. The second-order valence-electron chi connectivity index (χ2n) is 9.57. The van der Waals surface area contributed by atoms with Crippen LogP contribution in [0, 0.1) is 5.82 Å². The van der Waals surface area contributed by atoms with Crippen molar-refractivity contribution in [3.05, 3.63) is 82.5 Å². The van der Waals surface area contributed by atoms with Crippen molar-refractivity contribution in [2.24, 2.45) is 7.05 Å². The molecule has 1 aliphatic heterocycles. The Morgan fingerprint density at radius 2 is 2.05 bits per heavy atom. The van der Waals surface area contributed by atoms with E-state index in [1.807, 2.05) is 6.07 Å². The highest BCUT2D eigenvalue weighted by Gasteiger charge is 2.35. The van der Waals surface area contributed by atoms with Gasteiger partial charge in [-0.3, -0.25) is 14.3 Å². The van der Waals surface area contributed by atoms with Gasteiger partial charge in [-0.15, -0.1) is 0 Å². The standard InChI is InChI=1S/C28H27ClFN7O4/c1-15(26(39)34-24(14-38)18-6-19(30)9-21(7-18)41-3)37-12-17-5-4-16(8-22(17)27(37)40)25-23(29)11-31-28(35-25)33-20-10-32-36(2)13-20/h4-11,13,15,24,38H,12,14H2,1-3H3,(H,34,39)(H,31,33,35)/t15-,24-/m1/s1. The molecule has 0 aliphatic carbocycles. The maximum absolute atomic E-state index is 14.0. The first-order valence-corrected chi connectivity index (χ1v) is 13.0. The molecular weight excluding hydrogens is 553 g/mol. The van der Waals surface area contributed by atoms with Crippen LogP contribution in [0.2, 0.25) is 5.02 Å². The number of carbonyl (C=O) groups is 2. The van der Waals surface area contributed by atoms with Gasteiger partial charge in [0, 0.05) is 37.0 Å². The number of fused-ring (bicyclic) bond motifs is 1. The van der Waals surface area contributed by atoms with E-state index in [-0.39, 0.29) is 18.2 Å². The van der Waals surface area contributed by atoms with E-state index in [0.29, 0.717) is 39.0 Å². The third-order valence-electron chi connectivity index (χ3n) is 6.80. The van der Waals surface area contributed by atoms with Crippen molar-refractivity contribution in [2.75, 3.05) is 19.0 Å². The summed E-state index contributed by atoms with van der Waals surface area (Å²) in [5, 5.41) is 20.1. The van der Waals surface area contributed by atoms with Crippen molar-refractivity contribution in [1.29, 1.82) is 0 Å². The van der Waals surface area contributed by atoms with Gasteiger partial charge >= 0.3 is 0 Å². The molecule has 0 spiro atoms. The van der Waals surface area contributed by atoms with Crippen molar-refractivity contribution in [2.45, 2.75) is 25.6 Å². The number of aliphatic hydroxyl groups is 1. The Kier molecular flexibility index (Phi) is 7.86. The van der Waals surface area contributed by atoms with Crippen molar-refractivity contribution in [1.82, 2.24) is 30.0 Å². The number of anilines is 2. The summed E-state index contributed by atoms with van der Waals surface area (Å²) < 4.78 is 20.7. The van der Waals surface area contributed by atoms with E-state index in [0.717, 1.165) is 5.56 Å². The minimum Gasteiger partial charge on any atom is -0.497 e. The number of benzene rings is 2. The molecule has 5 rings (SSSR count). The third kappa shape index (κ3) is 5.83. The molecule has 0 radical (unpaired) electrons. The molecule has 0 saturated carbocycles. The predicted octanol–water partition coefficient (Wildman–Crippen LogP) is 3.62. The Morgan fingerprint density at radius 3 is 2.76 bits per heavy atom. The van der Waals surface area contributed by atoms with Crippen LogP contribution in [0.15, 0.2) is 55.0 Å². The summed E-state index contributed by atoms with van der Waals surface area (Å²) in [4.78, 5) is 36.7. The first-order valence-electron chi connectivity index (χ1n) is 12.6. The predicted molar refractivity (Wildman–Crippen MR) is 149 cm³/mol. The first kappa shape index (κ1) is 28.0. The van der Waals surface area contributed by atoms with Crippen LogP contribution in [0.4, 0.5) is 16.0 Å². The highest BCUT2D eigenvalue weighted by Crippen LogP contribution is 2.33. The van der Waals surface area contributed by atoms with E-state index in [1.165, 1.54) is 36.4 Å². The van der Waals surface area contributed by atoms with Crippen LogP contribution in [-0.4, -0.2) is 61.3 Å². The number of halogens is 2. The normalized spacial score (nSPS) is 14.0. The van der Waals surface area contributed by atoms with Crippen molar-refractivity contribution >= 4 is 35.1 Å². The number of aryl methyl sites for hydroxylation is 1. The van der Waals surface area contributed by atoms with Gasteiger partial charge in [-0.05, 0) is 36.2 Å². The van der Waals surface area contributed by atoms with E-state index < -0.39 is 30.4 Å². The zero-order chi connectivity index (χ0) is 29.3. The Morgan fingerprint density at radius 1 is 1.24 bits per heavy atom. The highest BCUT2D eigenvalue weighted by atomic mass is 35.5. The van der Waals surface area contributed by atoms with E-state index in [4.69, 9.17) is 16.3 Å². The quantitative estimate of drug-likeness (QED) is 0.274. The summed E-state index contributed by atoms with van der Waals surface area (Å²) in [5.74, 6) is -0.837. The Balaban J connectivity index is 1.33. The number of amides is 2. The molecule has 11 nitrogen and oxygen atoms in total. The first-order chi connectivity index (χ1) is 19.7. The molecule has 212 valence electrons. The number of carbonyl (C=O) groups excluding carboxylic acids is 2. The van der Waals surface area contributed by atoms with E-state index in [2.05, 4.69) is 25.7 Å². The van der Waals surface area contributed by atoms with Crippen LogP contribution < -0.4 is 15.4 Å². The molecule has 0 fully saturated rings. The van der Waals surface area contributed by atoms with E-state index in [9.17, 15) is 19.1 Å². The number of rotatable bonds is 9. The zero-order valence-electron chi connectivity index (χ0n) is 22.4. The molecule has 0 unspecified atom stereocenters. The van der Waals surface area contributed by atoms with Crippen molar-refractivity contribution in [3.63, 3.8) is 0 Å². The highest BCUT2D eigenvalue weighted by molar-refractivity contribution is 6.33. The molecule has 4 aromatic rings. The van der Waals surface area contributed by atoms with Crippen LogP contribution in [0.1, 0.15) is 34.5 Å². The maximum Gasteiger partial charge on any atom is 0.255 e. The van der Waals surface area contributed by atoms with Crippen LogP contribution in [0.3, 0.4) is 0 Å². The summed E-state index contributed by atoms with van der Waals surface area (Å²) in [6, 6.07) is 7.48. The molecule has 3 heterocycles. The zero-order valence-corrected chi connectivity index (χ0v) is 23.2. The molecule has 1 aliphatic rings. The summed E-state index contributed by atoms with van der Waals surface area (Å²) in [5.41, 5.74) is 3.25. The number of nitrogens with one attached hydrogen (secondary N) is 2. The minimum atomic E-state index is -0.893. The fraction of sp³-hybridized carbons (Fsp3) is 0.250. The van der Waals surface area contributed by atoms with E-state index >= 15 is 0 Å². The fourth-order valence-electron chi connectivity index (χ4n) is 4.60. The second-order valence-corrected chi connectivity index (χ2v) is 9.97. The average molecular weight is 580 g/mol. The number of nitrogens with zero attached hydrogens (tertiary/aromatic N) is 5. The number of aliphatic hydroxyl groups excluding tert-OH is 1. The molecular formula is C28H27ClFN7O4. The monoisotopic (exact) mass is 579 g/mol. The van der Waals surface area contributed by atoms with Gasteiger partial charge in [-0.2, -0.15) is 5.10 Å². The molecule has 2 atom stereocenters. The van der Waals surface area contributed by atoms with Crippen molar-refractivity contribution in [3.8, 4) is 17.0 Å². The molecule has 3 N–H and O–H groups in total. The SMILES string of the molecule is COc1cc(F)cc([C@@H](CO)NC(=O)[C@@H](C)N2Cc3ccc(-c4nc(Nc5cnn(C)c5)ncc4Cl)cc3C2=O)c1. The topological polar surface area (TPSA) is 134 Å². The Hall–Kier alpha value is -4.55. The van der Waals surface area contributed by atoms with Crippen molar-refractivity contribution < 1.29 is 23.8 Å².